The standard InChI is InChI=1S/C13H9.C12H10Si.C11H15NO.2ClH.Zr/c1-3-7-12-10(5-1)9-11-6-2-4-8-13(11)12;1-3-7-11(8-4-1)13-12-9-5-2-6-10-12;1-11(2,3)9-7-5-4-6-8(9)10(12)13;;;/h1-5,7-8H,9H2;1-10H;4-7H,1-3H3,(H2,12,13);2*1H;/q-1;;;;;+4/p-3. The van der Waals surface area contributed by atoms with Gasteiger partial charge >= 0.3 is 37.9 Å². The molecule has 1 N–H and O–H groups in total. The number of fused-ring (bicyclic) bond motifs is 3. The molecule has 42 heavy (non-hydrogen) atoms. The number of hydrogen-bond donors (Lipinski definition) is 0. The van der Waals surface area contributed by atoms with Crippen molar-refractivity contribution in [3.05, 3.63) is 161 Å². The maximum absolute atomic E-state index is 11.0. The molecule has 0 heterocycles. The van der Waals surface area contributed by atoms with Crippen molar-refractivity contribution in [2.75, 3.05) is 0 Å². The molecule has 0 aromatic heterocycles. The molecule has 0 saturated carbocycles. The topological polar surface area (TPSA) is 40.9 Å². The molecule has 0 atom stereocenters. The number of carbonyl (C=O) groups is 1. The van der Waals surface area contributed by atoms with Crippen LogP contribution in [0.4, 0.5) is 0 Å². The zero-order valence-corrected chi connectivity index (χ0v) is 29.0. The molecular formula is C36H33Cl2NOSiZr. The number of halogens is 2. The van der Waals surface area contributed by atoms with Crippen LogP contribution in [0.1, 0.15) is 47.8 Å². The summed E-state index contributed by atoms with van der Waals surface area (Å²) in [7, 11) is 10.6. The van der Waals surface area contributed by atoms with Crippen LogP contribution in [-0.4, -0.2) is 15.4 Å². The van der Waals surface area contributed by atoms with Gasteiger partial charge in [0.1, 0.15) is 9.52 Å². The number of benzene rings is 5. The fourth-order valence-electron chi connectivity index (χ4n) is 4.54. The summed E-state index contributed by atoms with van der Waals surface area (Å²) in [6, 6.07) is 46.6. The van der Waals surface area contributed by atoms with Gasteiger partial charge < -0.3 is 10.5 Å². The predicted octanol–water partition coefficient (Wildman–Crippen LogP) is 8.95. The van der Waals surface area contributed by atoms with Crippen LogP contribution in [0.2, 0.25) is 0 Å². The van der Waals surface area contributed by atoms with E-state index in [1.807, 2.05) is 39.0 Å². The average molecular weight is 686 g/mol. The van der Waals surface area contributed by atoms with E-state index in [4.69, 9.17) is 22.8 Å². The van der Waals surface area contributed by atoms with Gasteiger partial charge in [-0.3, -0.25) is 0 Å². The second-order valence-electron chi connectivity index (χ2n) is 10.4. The molecule has 210 valence electrons. The fraction of sp³-hybridized carbons (Fsp3) is 0.139. The normalized spacial score (nSPS) is 10.6. The van der Waals surface area contributed by atoms with Crippen LogP contribution in [0, 0.1) is 6.07 Å². The Labute approximate surface area is 271 Å². The Bertz CT molecular complexity index is 1460. The summed E-state index contributed by atoms with van der Waals surface area (Å²) in [5.41, 5.74) is 14.0. The van der Waals surface area contributed by atoms with Crippen LogP contribution in [0.25, 0.3) is 16.9 Å². The van der Waals surface area contributed by atoms with Gasteiger partial charge in [-0.25, -0.2) is 0 Å². The number of nitrogens with one attached hydrogen (secondary N) is 1. The smallest absolute Gasteiger partial charge is 0.121 e. The molecule has 5 aromatic rings. The zero-order valence-electron chi connectivity index (χ0n) is 24.0. The Balaban J connectivity index is 0.000000165. The molecule has 2 radical (unpaired) electrons. The number of amides is 1. The first kappa shape index (κ1) is 33.7. The summed E-state index contributed by atoms with van der Waals surface area (Å²) in [5, 5.41) is 2.79. The average Bonchev–Trinajstić information content (AvgIpc) is 3.38. The number of rotatable bonds is 3. The van der Waals surface area contributed by atoms with Gasteiger partial charge in [0, 0.05) is 5.56 Å². The van der Waals surface area contributed by atoms with E-state index in [2.05, 4.69) is 103 Å². The minimum atomic E-state index is -0.826. The molecular weight excluding hydrogens is 653 g/mol. The zero-order chi connectivity index (χ0) is 30.4. The second-order valence-corrected chi connectivity index (χ2v) is 15.6. The molecule has 0 bridgehead atoms. The van der Waals surface area contributed by atoms with Crippen molar-refractivity contribution in [1.82, 2.24) is 0 Å². The molecule has 0 saturated heterocycles. The van der Waals surface area contributed by atoms with Gasteiger partial charge in [-0.2, -0.15) is 29.8 Å². The minimum absolute atomic E-state index is 0.0761. The largest absolute Gasteiger partial charge is 0.179 e. The van der Waals surface area contributed by atoms with Crippen LogP contribution < -0.4 is 10.4 Å². The van der Waals surface area contributed by atoms with Crippen LogP contribution in [0.15, 0.2) is 127 Å². The predicted molar refractivity (Wildman–Crippen MR) is 177 cm³/mol. The van der Waals surface area contributed by atoms with Crippen molar-refractivity contribution in [3.63, 3.8) is 0 Å². The Morgan fingerprint density at radius 2 is 1.24 bits per heavy atom. The van der Waals surface area contributed by atoms with Crippen molar-refractivity contribution < 1.29 is 25.6 Å². The molecule has 0 unspecified atom stereocenters. The van der Waals surface area contributed by atoms with Gasteiger partial charge in [-0.15, -0.1) is 5.56 Å². The molecule has 2 nitrogen and oxygen atoms in total. The Kier molecular flexibility index (Phi) is 14.0. The maximum atomic E-state index is 11.0. The third-order valence-electron chi connectivity index (χ3n) is 6.43. The molecule has 0 fully saturated rings. The van der Waals surface area contributed by atoms with E-state index in [0.717, 1.165) is 21.5 Å². The SMILES string of the molecule is CC(C)(C)c1ccccc1C([NH-])=O.[Cl][Zr+2][Cl].[c-]1cccc2c1Cc1ccccc1-2.c1ccc([Si]c2ccccc2)cc1. The van der Waals surface area contributed by atoms with E-state index in [1.54, 1.807) is 12.1 Å². The maximum Gasteiger partial charge on any atom is 0.121 e. The first-order chi connectivity index (χ1) is 20.2. The molecule has 5 aromatic carbocycles. The number of carbonyl (C=O) groups excluding carboxylic acids is 1. The van der Waals surface area contributed by atoms with Crippen LogP contribution in [-0.2, 0) is 32.7 Å². The molecule has 0 aliphatic heterocycles. The minimum Gasteiger partial charge on any atom is -0.179 e. The molecule has 0 spiro atoms. The van der Waals surface area contributed by atoms with Crippen molar-refractivity contribution in [1.29, 1.82) is 0 Å². The summed E-state index contributed by atoms with van der Waals surface area (Å²) in [5.74, 6) is -0.606. The van der Waals surface area contributed by atoms with Crippen molar-refractivity contribution in [2.45, 2.75) is 32.6 Å². The van der Waals surface area contributed by atoms with E-state index in [0.29, 0.717) is 5.56 Å². The van der Waals surface area contributed by atoms with E-state index in [9.17, 15) is 4.79 Å². The first-order valence-corrected chi connectivity index (χ1v) is 20.8. The van der Waals surface area contributed by atoms with Gasteiger partial charge in [0.25, 0.3) is 0 Å². The van der Waals surface area contributed by atoms with Crippen LogP contribution in [0.3, 0.4) is 0 Å². The Morgan fingerprint density at radius 1 is 0.738 bits per heavy atom. The summed E-state index contributed by atoms with van der Waals surface area (Å²) < 4.78 is 0. The molecule has 1 amide bonds. The van der Waals surface area contributed by atoms with Gasteiger partial charge in [0.15, 0.2) is 0 Å². The van der Waals surface area contributed by atoms with E-state index >= 15 is 0 Å². The Morgan fingerprint density at radius 3 is 1.79 bits per heavy atom. The quantitative estimate of drug-likeness (QED) is 0.136. The van der Waals surface area contributed by atoms with E-state index in [-0.39, 0.29) is 5.41 Å². The van der Waals surface area contributed by atoms with Crippen molar-refractivity contribution in [2.24, 2.45) is 0 Å². The van der Waals surface area contributed by atoms with E-state index in [1.165, 1.54) is 32.6 Å². The fourth-order valence-corrected chi connectivity index (χ4v) is 5.59. The molecule has 6 heteroatoms. The van der Waals surface area contributed by atoms with E-state index < -0.39 is 26.8 Å². The van der Waals surface area contributed by atoms with Crippen molar-refractivity contribution >= 4 is 42.8 Å². The van der Waals surface area contributed by atoms with Crippen LogP contribution >= 0.6 is 17.0 Å². The monoisotopic (exact) mass is 683 g/mol. The van der Waals surface area contributed by atoms with Gasteiger partial charge in [0.05, 0.1) is 5.91 Å². The summed E-state index contributed by atoms with van der Waals surface area (Å²) in [6.07, 6.45) is 1.05. The molecule has 6 rings (SSSR count). The third-order valence-corrected chi connectivity index (χ3v) is 7.68. The van der Waals surface area contributed by atoms with Gasteiger partial charge in [0.2, 0.25) is 0 Å². The second kappa shape index (κ2) is 17.4. The first-order valence-electron chi connectivity index (χ1n) is 13.5. The molecule has 1 aliphatic carbocycles. The summed E-state index contributed by atoms with van der Waals surface area (Å²) in [6.45, 7) is 6.11. The summed E-state index contributed by atoms with van der Waals surface area (Å²) >= 11 is -0.826. The van der Waals surface area contributed by atoms with Gasteiger partial charge in [-0.1, -0.05) is 151 Å². The van der Waals surface area contributed by atoms with Crippen LogP contribution in [0.5, 0.6) is 0 Å². The van der Waals surface area contributed by atoms with Gasteiger partial charge in [-0.05, 0) is 17.4 Å². The molecule has 1 aliphatic rings. The number of hydrogen-bond acceptors (Lipinski definition) is 1. The van der Waals surface area contributed by atoms with Crippen molar-refractivity contribution in [3.8, 4) is 11.1 Å². The third kappa shape index (κ3) is 10.5. The Hall–Kier alpha value is -2.75. The summed E-state index contributed by atoms with van der Waals surface area (Å²) in [4.78, 5) is 11.0.